The van der Waals surface area contributed by atoms with Crippen LogP contribution in [0.1, 0.15) is 43.0 Å². The SMILES string of the molecule is CCCOC(=O)c1ccc(NC(=O)C2=CC3(CCOCC3)C2)cc1. The van der Waals surface area contributed by atoms with Crippen LogP contribution in [0.15, 0.2) is 35.9 Å². The summed E-state index contributed by atoms with van der Waals surface area (Å²) in [5.41, 5.74) is 2.19. The van der Waals surface area contributed by atoms with E-state index in [1.54, 1.807) is 24.3 Å². The summed E-state index contributed by atoms with van der Waals surface area (Å²) in [5.74, 6) is -0.397. The van der Waals surface area contributed by atoms with Crippen molar-refractivity contribution >= 4 is 17.6 Å². The summed E-state index contributed by atoms with van der Waals surface area (Å²) in [5, 5.41) is 2.88. The highest BCUT2D eigenvalue weighted by molar-refractivity contribution is 6.05. The molecule has 1 saturated heterocycles. The Kier molecular flexibility index (Phi) is 5.00. The molecule has 0 saturated carbocycles. The Morgan fingerprint density at radius 3 is 2.50 bits per heavy atom. The number of rotatable bonds is 5. The Morgan fingerprint density at radius 1 is 1.21 bits per heavy atom. The second kappa shape index (κ2) is 7.18. The lowest BCUT2D eigenvalue weighted by molar-refractivity contribution is -0.114. The van der Waals surface area contributed by atoms with Gasteiger partial charge in [0.15, 0.2) is 0 Å². The molecule has 5 nitrogen and oxygen atoms in total. The number of esters is 1. The van der Waals surface area contributed by atoms with E-state index in [4.69, 9.17) is 9.47 Å². The van der Waals surface area contributed by atoms with E-state index in [1.165, 1.54) is 0 Å². The molecule has 3 rings (SSSR count). The number of carbonyl (C=O) groups excluding carboxylic acids is 2. The van der Waals surface area contributed by atoms with Crippen molar-refractivity contribution in [3.63, 3.8) is 0 Å². The third-order valence-electron chi connectivity index (χ3n) is 4.62. The van der Waals surface area contributed by atoms with E-state index >= 15 is 0 Å². The van der Waals surface area contributed by atoms with Gasteiger partial charge in [-0.1, -0.05) is 13.0 Å². The van der Waals surface area contributed by atoms with Crippen molar-refractivity contribution in [2.75, 3.05) is 25.1 Å². The molecule has 0 bridgehead atoms. The van der Waals surface area contributed by atoms with Crippen molar-refractivity contribution in [3.8, 4) is 0 Å². The summed E-state index contributed by atoms with van der Waals surface area (Å²) in [4.78, 5) is 24.0. The minimum absolute atomic E-state index is 0.0616. The van der Waals surface area contributed by atoms with Crippen LogP contribution in [0.5, 0.6) is 0 Å². The molecule has 1 fully saturated rings. The highest BCUT2D eigenvalue weighted by atomic mass is 16.5. The van der Waals surface area contributed by atoms with Crippen molar-refractivity contribution in [1.82, 2.24) is 0 Å². The number of allylic oxidation sites excluding steroid dienone is 1. The number of anilines is 1. The number of hydrogen-bond acceptors (Lipinski definition) is 4. The molecule has 0 unspecified atom stereocenters. The number of amides is 1. The Bertz CT molecular complexity index is 642. The molecular formula is C19H23NO4. The van der Waals surface area contributed by atoms with Gasteiger partial charge < -0.3 is 14.8 Å². The molecule has 1 aliphatic carbocycles. The second-order valence-electron chi connectivity index (χ2n) is 6.49. The normalized spacial score (nSPS) is 18.5. The highest BCUT2D eigenvalue weighted by Crippen LogP contribution is 2.46. The standard InChI is InChI=1S/C19H23NO4/c1-2-9-24-18(22)14-3-5-16(6-4-14)20-17(21)15-12-19(13-15)7-10-23-11-8-19/h3-6,12H,2,7-11,13H2,1H3,(H,20,21). The van der Waals surface area contributed by atoms with Crippen LogP contribution in [0.4, 0.5) is 5.69 Å². The molecule has 1 N–H and O–H groups in total. The zero-order chi connectivity index (χ0) is 17.0. The Labute approximate surface area is 142 Å². The lowest BCUT2D eigenvalue weighted by atomic mass is 9.66. The maximum Gasteiger partial charge on any atom is 0.338 e. The zero-order valence-electron chi connectivity index (χ0n) is 14.0. The molecule has 128 valence electrons. The maximum absolute atomic E-state index is 12.3. The molecule has 1 aliphatic heterocycles. The molecule has 5 heteroatoms. The zero-order valence-corrected chi connectivity index (χ0v) is 14.0. The van der Waals surface area contributed by atoms with E-state index in [0.717, 1.165) is 44.5 Å². The number of hydrogen-bond donors (Lipinski definition) is 1. The van der Waals surface area contributed by atoms with E-state index in [9.17, 15) is 9.59 Å². The number of benzene rings is 1. The monoisotopic (exact) mass is 329 g/mol. The van der Waals surface area contributed by atoms with Gasteiger partial charge in [0, 0.05) is 24.5 Å². The first-order valence-electron chi connectivity index (χ1n) is 8.50. The van der Waals surface area contributed by atoms with Gasteiger partial charge in [0.05, 0.1) is 12.2 Å². The molecule has 1 aromatic rings. The minimum atomic E-state index is -0.335. The van der Waals surface area contributed by atoms with Gasteiger partial charge in [-0.15, -0.1) is 0 Å². The van der Waals surface area contributed by atoms with Gasteiger partial charge >= 0.3 is 5.97 Å². The first-order chi connectivity index (χ1) is 11.6. The Balaban J connectivity index is 1.55. The quantitative estimate of drug-likeness (QED) is 0.842. The molecule has 1 aromatic carbocycles. The molecule has 1 spiro atoms. The Hall–Kier alpha value is -2.14. The lowest BCUT2D eigenvalue weighted by Crippen LogP contribution is -2.37. The molecule has 1 heterocycles. The molecule has 2 aliphatic rings. The van der Waals surface area contributed by atoms with Gasteiger partial charge in [-0.25, -0.2) is 4.79 Å². The van der Waals surface area contributed by atoms with Crippen LogP contribution in [0.25, 0.3) is 0 Å². The largest absolute Gasteiger partial charge is 0.462 e. The van der Waals surface area contributed by atoms with Gasteiger partial charge in [0.25, 0.3) is 5.91 Å². The van der Waals surface area contributed by atoms with E-state index in [2.05, 4.69) is 11.4 Å². The number of ether oxygens (including phenoxy) is 2. The first-order valence-corrected chi connectivity index (χ1v) is 8.50. The highest BCUT2D eigenvalue weighted by Gasteiger charge is 2.40. The first kappa shape index (κ1) is 16.7. The minimum Gasteiger partial charge on any atom is -0.462 e. The topological polar surface area (TPSA) is 64.6 Å². The van der Waals surface area contributed by atoms with Crippen molar-refractivity contribution < 1.29 is 19.1 Å². The van der Waals surface area contributed by atoms with Crippen LogP contribution in [-0.4, -0.2) is 31.7 Å². The predicted molar refractivity (Wildman–Crippen MR) is 90.8 cm³/mol. The van der Waals surface area contributed by atoms with Crippen LogP contribution >= 0.6 is 0 Å². The summed E-state index contributed by atoms with van der Waals surface area (Å²) in [6, 6.07) is 6.79. The van der Waals surface area contributed by atoms with E-state index in [0.29, 0.717) is 17.9 Å². The molecular weight excluding hydrogens is 306 g/mol. The van der Waals surface area contributed by atoms with Crippen LogP contribution in [0.2, 0.25) is 0 Å². The molecule has 0 atom stereocenters. The smallest absolute Gasteiger partial charge is 0.338 e. The van der Waals surface area contributed by atoms with Crippen LogP contribution in [0.3, 0.4) is 0 Å². The van der Waals surface area contributed by atoms with E-state index in [1.807, 2.05) is 6.92 Å². The van der Waals surface area contributed by atoms with Crippen LogP contribution in [0, 0.1) is 5.41 Å². The molecule has 1 amide bonds. The summed E-state index contributed by atoms with van der Waals surface area (Å²) < 4.78 is 10.5. The fourth-order valence-electron chi connectivity index (χ4n) is 3.14. The number of nitrogens with one attached hydrogen (secondary N) is 1. The van der Waals surface area contributed by atoms with E-state index < -0.39 is 0 Å². The summed E-state index contributed by atoms with van der Waals surface area (Å²) in [6.45, 7) is 3.92. The van der Waals surface area contributed by atoms with Gasteiger partial charge in [0.2, 0.25) is 0 Å². The predicted octanol–water partition coefficient (Wildman–Crippen LogP) is 3.32. The van der Waals surface area contributed by atoms with Crippen molar-refractivity contribution in [3.05, 3.63) is 41.5 Å². The average Bonchev–Trinajstić information content (AvgIpc) is 2.58. The third kappa shape index (κ3) is 3.67. The average molecular weight is 329 g/mol. The van der Waals surface area contributed by atoms with Crippen LogP contribution < -0.4 is 5.32 Å². The fourth-order valence-corrected chi connectivity index (χ4v) is 3.14. The summed E-state index contributed by atoms with van der Waals surface area (Å²) >= 11 is 0. The van der Waals surface area contributed by atoms with Gasteiger partial charge in [-0.2, -0.15) is 0 Å². The van der Waals surface area contributed by atoms with Gasteiger partial charge in [-0.3, -0.25) is 4.79 Å². The fraction of sp³-hybridized carbons (Fsp3) is 0.474. The van der Waals surface area contributed by atoms with Crippen molar-refractivity contribution in [2.24, 2.45) is 5.41 Å². The molecule has 0 radical (unpaired) electrons. The third-order valence-corrected chi connectivity index (χ3v) is 4.62. The van der Waals surface area contributed by atoms with Crippen molar-refractivity contribution in [2.45, 2.75) is 32.6 Å². The summed E-state index contributed by atoms with van der Waals surface area (Å²) in [7, 11) is 0. The Morgan fingerprint density at radius 2 is 1.88 bits per heavy atom. The molecule has 0 aromatic heterocycles. The van der Waals surface area contributed by atoms with E-state index in [-0.39, 0.29) is 17.3 Å². The molecule has 24 heavy (non-hydrogen) atoms. The summed E-state index contributed by atoms with van der Waals surface area (Å²) in [6.07, 6.45) is 5.71. The van der Waals surface area contributed by atoms with Gasteiger partial charge in [0.1, 0.15) is 0 Å². The van der Waals surface area contributed by atoms with Crippen molar-refractivity contribution in [1.29, 1.82) is 0 Å². The van der Waals surface area contributed by atoms with Crippen LogP contribution in [-0.2, 0) is 14.3 Å². The maximum atomic E-state index is 12.3. The number of carbonyl (C=O) groups is 2. The van der Waals surface area contributed by atoms with Gasteiger partial charge in [-0.05, 0) is 55.4 Å². The lowest BCUT2D eigenvalue weighted by Gasteiger charge is -2.42. The second-order valence-corrected chi connectivity index (χ2v) is 6.49.